The van der Waals surface area contributed by atoms with E-state index in [-0.39, 0.29) is 0 Å². The molecule has 2 fully saturated rings. The number of nitrogens with one attached hydrogen (secondary N) is 1. The first-order chi connectivity index (χ1) is 10.4. The predicted octanol–water partition coefficient (Wildman–Crippen LogP) is 2.81. The molecular formula is C16H29N5. The molecule has 3 N–H and O–H groups in total. The summed E-state index contributed by atoms with van der Waals surface area (Å²) in [4.78, 5) is 7.13. The summed E-state index contributed by atoms with van der Waals surface area (Å²) in [6.07, 6.45) is 11.8. The maximum absolute atomic E-state index is 5.82. The highest BCUT2D eigenvalue weighted by molar-refractivity contribution is 5.30. The molecule has 0 aromatic carbocycles. The number of nitrogens with two attached hydrogens (primary N) is 1. The average molecular weight is 291 g/mol. The largest absolute Gasteiger partial charge is 0.339 e. The molecule has 5 nitrogen and oxygen atoms in total. The Morgan fingerprint density at radius 1 is 1.05 bits per heavy atom. The third-order valence-corrected chi connectivity index (χ3v) is 5.12. The van der Waals surface area contributed by atoms with Crippen molar-refractivity contribution in [3.63, 3.8) is 0 Å². The summed E-state index contributed by atoms with van der Waals surface area (Å²) in [5, 5.41) is 7.71. The molecule has 1 atom stereocenters. The first-order valence-electron chi connectivity index (χ1n) is 8.74. The fraction of sp³-hybridized carbons (Fsp3) is 0.875. The van der Waals surface area contributed by atoms with Crippen LogP contribution in [0.25, 0.3) is 0 Å². The molecule has 1 saturated heterocycles. The highest BCUT2D eigenvalue weighted by Gasteiger charge is 2.23. The molecule has 1 unspecified atom stereocenters. The van der Waals surface area contributed by atoms with Crippen LogP contribution in [0.15, 0.2) is 0 Å². The van der Waals surface area contributed by atoms with E-state index in [1.54, 1.807) is 0 Å². The molecule has 21 heavy (non-hydrogen) atoms. The Balaban J connectivity index is 1.64. The third-order valence-electron chi connectivity index (χ3n) is 5.12. The molecule has 5 heteroatoms. The van der Waals surface area contributed by atoms with Crippen LogP contribution in [0.3, 0.4) is 0 Å². The molecule has 1 saturated carbocycles. The smallest absolute Gasteiger partial charge is 0.244 e. The standard InChI is InChI=1S/C16H29N5/c17-11-13-7-6-10-21(12-13)16-18-15(19-20-16)14-8-4-2-1-3-5-9-14/h13-14H,1-12,17H2,(H,18,19,20). The van der Waals surface area contributed by atoms with Crippen LogP contribution in [0.5, 0.6) is 0 Å². The van der Waals surface area contributed by atoms with Gasteiger partial charge in [-0.15, -0.1) is 5.10 Å². The fourth-order valence-corrected chi connectivity index (χ4v) is 3.76. The Bertz CT molecular complexity index is 406. The van der Waals surface area contributed by atoms with Crippen LogP contribution in [-0.4, -0.2) is 34.8 Å². The summed E-state index contributed by atoms with van der Waals surface area (Å²) in [7, 11) is 0. The minimum Gasteiger partial charge on any atom is -0.339 e. The van der Waals surface area contributed by atoms with Crippen molar-refractivity contribution in [2.45, 2.75) is 63.7 Å². The van der Waals surface area contributed by atoms with Crippen LogP contribution in [0.2, 0.25) is 0 Å². The maximum atomic E-state index is 5.82. The lowest BCUT2D eigenvalue weighted by atomic mass is 9.91. The van der Waals surface area contributed by atoms with Gasteiger partial charge in [0.25, 0.3) is 0 Å². The van der Waals surface area contributed by atoms with Gasteiger partial charge in [-0.3, -0.25) is 5.10 Å². The minimum atomic E-state index is 0.585. The summed E-state index contributed by atoms with van der Waals surface area (Å²) in [6, 6.07) is 0. The third kappa shape index (κ3) is 3.76. The number of piperidine rings is 1. The molecule has 0 radical (unpaired) electrons. The molecule has 0 bridgehead atoms. The van der Waals surface area contributed by atoms with Crippen molar-refractivity contribution in [3.05, 3.63) is 5.82 Å². The van der Waals surface area contributed by atoms with Gasteiger partial charge in [0.05, 0.1) is 0 Å². The van der Waals surface area contributed by atoms with Gasteiger partial charge in [-0.05, 0) is 38.1 Å². The zero-order valence-corrected chi connectivity index (χ0v) is 13.1. The summed E-state index contributed by atoms with van der Waals surface area (Å²) >= 11 is 0. The van der Waals surface area contributed by atoms with Gasteiger partial charge >= 0.3 is 0 Å². The average Bonchev–Trinajstić information content (AvgIpc) is 2.97. The van der Waals surface area contributed by atoms with E-state index in [0.29, 0.717) is 11.8 Å². The number of anilines is 1. The Hall–Kier alpha value is -1.10. The molecular weight excluding hydrogens is 262 g/mol. The normalized spacial score (nSPS) is 25.6. The van der Waals surface area contributed by atoms with Crippen molar-refractivity contribution in [1.29, 1.82) is 0 Å². The molecule has 0 spiro atoms. The Morgan fingerprint density at radius 3 is 2.57 bits per heavy atom. The Morgan fingerprint density at radius 2 is 1.81 bits per heavy atom. The summed E-state index contributed by atoms with van der Waals surface area (Å²) < 4.78 is 0. The molecule has 118 valence electrons. The van der Waals surface area contributed by atoms with Crippen LogP contribution >= 0.6 is 0 Å². The minimum absolute atomic E-state index is 0.585. The van der Waals surface area contributed by atoms with Gasteiger partial charge in [0.15, 0.2) is 0 Å². The van der Waals surface area contributed by atoms with Gasteiger partial charge in [0, 0.05) is 19.0 Å². The lowest BCUT2D eigenvalue weighted by Crippen LogP contribution is -2.39. The van der Waals surface area contributed by atoms with Crippen LogP contribution in [0, 0.1) is 5.92 Å². The van der Waals surface area contributed by atoms with Crippen molar-refractivity contribution in [3.8, 4) is 0 Å². The number of hydrogen-bond donors (Lipinski definition) is 2. The summed E-state index contributed by atoms with van der Waals surface area (Å²) in [5.74, 6) is 3.19. The predicted molar refractivity (Wildman–Crippen MR) is 85.4 cm³/mol. The van der Waals surface area contributed by atoms with E-state index in [1.165, 1.54) is 57.8 Å². The maximum Gasteiger partial charge on any atom is 0.244 e. The van der Waals surface area contributed by atoms with Gasteiger partial charge in [0.1, 0.15) is 5.82 Å². The van der Waals surface area contributed by atoms with E-state index in [1.807, 2.05) is 0 Å². The second-order valence-electron chi connectivity index (χ2n) is 6.75. The first kappa shape index (κ1) is 14.8. The van der Waals surface area contributed by atoms with E-state index in [0.717, 1.165) is 31.4 Å². The highest BCUT2D eigenvalue weighted by Crippen LogP contribution is 2.30. The first-order valence-corrected chi connectivity index (χ1v) is 8.74. The van der Waals surface area contributed by atoms with Crippen LogP contribution in [-0.2, 0) is 0 Å². The number of hydrogen-bond acceptors (Lipinski definition) is 4. The van der Waals surface area contributed by atoms with Crippen LogP contribution in [0.1, 0.15) is 69.5 Å². The van der Waals surface area contributed by atoms with Gasteiger partial charge < -0.3 is 10.6 Å². The zero-order chi connectivity index (χ0) is 14.5. The number of H-pyrrole nitrogens is 1. The number of nitrogens with zero attached hydrogens (tertiary/aromatic N) is 3. The molecule has 1 aliphatic heterocycles. The molecule has 2 aliphatic rings. The highest BCUT2D eigenvalue weighted by atomic mass is 15.4. The van der Waals surface area contributed by atoms with Gasteiger partial charge in [0.2, 0.25) is 5.95 Å². The Kier molecular flexibility index (Phi) is 5.12. The van der Waals surface area contributed by atoms with Gasteiger partial charge in [-0.2, -0.15) is 4.98 Å². The van der Waals surface area contributed by atoms with Crippen molar-refractivity contribution in [2.75, 3.05) is 24.5 Å². The van der Waals surface area contributed by atoms with Crippen molar-refractivity contribution in [1.82, 2.24) is 15.2 Å². The van der Waals surface area contributed by atoms with Crippen LogP contribution < -0.4 is 10.6 Å². The second-order valence-corrected chi connectivity index (χ2v) is 6.75. The molecule has 1 aliphatic carbocycles. The monoisotopic (exact) mass is 291 g/mol. The van der Waals surface area contributed by atoms with Gasteiger partial charge in [-0.1, -0.05) is 32.1 Å². The van der Waals surface area contributed by atoms with E-state index in [9.17, 15) is 0 Å². The summed E-state index contributed by atoms with van der Waals surface area (Å²) in [6.45, 7) is 2.85. The molecule has 0 amide bonds. The van der Waals surface area contributed by atoms with Crippen LogP contribution in [0.4, 0.5) is 5.95 Å². The molecule has 1 aromatic rings. The SMILES string of the molecule is NCC1CCCN(c2n[nH]c(C3CCCCCCC3)n2)C1. The second kappa shape index (κ2) is 7.25. The van der Waals surface area contributed by atoms with Crippen molar-refractivity contribution < 1.29 is 0 Å². The lowest BCUT2D eigenvalue weighted by Gasteiger charge is -2.31. The lowest BCUT2D eigenvalue weighted by molar-refractivity contribution is 0.419. The molecule has 1 aromatic heterocycles. The quantitative estimate of drug-likeness (QED) is 0.898. The van der Waals surface area contributed by atoms with E-state index in [4.69, 9.17) is 10.7 Å². The van der Waals surface area contributed by atoms with Crippen molar-refractivity contribution >= 4 is 5.95 Å². The van der Waals surface area contributed by atoms with E-state index in [2.05, 4.69) is 15.1 Å². The molecule has 3 rings (SSSR count). The topological polar surface area (TPSA) is 70.8 Å². The van der Waals surface area contributed by atoms with Gasteiger partial charge in [-0.25, -0.2) is 0 Å². The summed E-state index contributed by atoms with van der Waals surface area (Å²) in [5.41, 5.74) is 5.82. The fourth-order valence-electron chi connectivity index (χ4n) is 3.76. The van der Waals surface area contributed by atoms with E-state index < -0.39 is 0 Å². The zero-order valence-electron chi connectivity index (χ0n) is 13.1. The van der Waals surface area contributed by atoms with E-state index >= 15 is 0 Å². The van der Waals surface area contributed by atoms with Crippen molar-refractivity contribution in [2.24, 2.45) is 11.7 Å². The molecule has 2 heterocycles. The Labute approximate surface area is 127 Å². The number of rotatable bonds is 3. The number of aromatic nitrogens is 3. The number of aromatic amines is 1.